The van der Waals surface area contributed by atoms with Crippen molar-refractivity contribution < 1.29 is 14.2 Å². The zero-order chi connectivity index (χ0) is 24.3. The van der Waals surface area contributed by atoms with Crippen molar-refractivity contribution in [2.75, 3.05) is 52.4 Å². The van der Waals surface area contributed by atoms with Crippen LogP contribution in [0, 0.1) is 0 Å². The molecule has 0 aliphatic carbocycles. The molecule has 1 aliphatic heterocycles. The Morgan fingerprint density at radius 1 is 0.853 bits per heavy atom. The van der Waals surface area contributed by atoms with Gasteiger partial charge in [-0.3, -0.25) is 4.90 Å². The van der Waals surface area contributed by atoms with E-state index in [1.165, 1.54) is 5.69 Å². The van der Waals surface area contributed by atoms with Crippen LogP contribution in [0.3, 0.4) is 0 Å². The molecule has 0 bridgehead atoms. The maximum atomic E-state index is 5.66. The molecule has 9 nitrogen and oxygen atoms in total. The third-order valence-electron chi connectivity index (χ3n) is 6.18. The topological polar surface area (TPSA) is 77.8 Å². The Hall–Kier alpha value is -3.33. The van der Waals surface area contributed by atoms with Crippen molar-refractivity contribution in [1.29, 1.82) is 0 Å². The highest BCUT2D eigenvalue weighted by atomic mass is 16.5. The zero-order valence-electron chi connectivity index (χ0n) is 20.9. The van der Waals surface area contributed by atoms with Gasteiger partial charge in [-0.25, -0.2) is 4.68 Å². The second-order valence-corrected chi connectivity index (χ2v) is 9.34. The normalized spacial score (nSPS) is 15.8. The van der Waals surface area contributed by atoms with E-state index in [-0.39, 0.29) is 11.6 Å². The molecule has 34 heavy (non-hydrogen) atoms. The molecular formula is C25H34N6O3. The van der Waals surface area contributed by atoms with E-state index in [9.17, 15) is 0 Å². The average Bonchev–Trinajstić information content (AvgIpc) is 3.34. The molecule has 1 aromatic heterocycles. The summed E-state index contributed by atoms with van der Waals surface area (Å²) in [5, 5.41) is 12.9. The molecule has 0 radical (unpaired) electrons. The molecule has 2 heterocycles. The number of aromatic nitrogens is 4. The van der Waals surface area contributed by atoms with Crippen molar-refractivity contribution in [1.82, 2.24) is 25.1 Å². The van der Waals surface area contributed by atoms with E-state index < -0.39 is 0 Å². The minimum absolute atomic E-state index is 0.180. The SMILES string of the molecule is COc1cc([C@@H](c2nnnn2C(C)(C)C)N2CCN(c3ccccc3)CC2)cc(OC)c1OC. The molecule has 0 saturated carbocycles. The lowest BCUT2D eigenvalue weighted by Gasteiger charge is -2.40. The Morgan fingerprint density at radius 3 is 2.00 bits per heavy atom. The molecule has 9 heteroatoms. The number of ether oxygens (including phenoxy) is 3. The molecule has 1 aliphatic rings. The lowest BCUT2D eigenvalue weighted by molar-refractivity contribution is 0.190. The number of rotatable bonds is 7. The summed E-state index contributed by atoms with van der Waals surface area (Å²) in [6, 6.07) is 14.3. The Bertz CT molecular complexity index is 1060. The van der Waals surface area contributed by atoms with Crippen LogP contribution in [0.2, 0.25) is 0 Å². The van der Waals surface area contributed by atoms with Crippen LogP contribution in [-0.2, 0) is 5.54 Å². The van der Waals surface area contributed by atoms with Crippen molar-refractivity contribution >= 4 is 5.69 Å². The van der Waals surface area contributed by atoms with Crippen molar-refractivity contribution in [3.05, 3.63) is 53.9 Å². The van der Waals surface area contributed by atoms with Gasteiger partial charge in [-0.1, -0.05) is 18.2 Å². The molecule has 2 aromatic carbocycles. The van der Waals surface area contributed by atoms with Gasteiger partial charge in [-0.2, -0.15) is 0 Å². The van der Waals surface area contributed by atoms with E-state index in [1.54, 1.807) is 21.3 Å². The monoisotopic (exact) mass is 466 g/mol. The van der Waals surface area contributed by atoms with Gasteiger partial charge < -0.3 is 19.1 Å². The smallest absolute Gasteiger partial charge is 0.203 e. The summed E-state index contributed by atoms with van der Waals surface area (Å²) in [6.07, 6.45) is 0. The summed E-state index contributed by atoms with van der Waals surface area (Å²) in [5.41, 5.74) is 1.96. The summed E-state index contributed by atoms with van der Waals surface area (Å²) in [6.45, 7) is 9.83. The average molecular weight is 467 g/mol. The highest BCUT2D eigenvalue weighted by Gasteiger charge is 2.34. The summed E-state index contributed by atoms with van der Waals surface area (Å²) in [4.78, 5) is 4.84. The van der Waals surface area contributed by atoms with E-state index in [1.807, 2.05) is 22.9 Å². The number of hydrogen-bond acceptors (Lipinski definition) is 8. The van der Waals surface area contributed by atoms with Crippen LogP contribution < -0.4 is 19.1 Å². The van der Waals surface area contributed by atoms with Gasteiger partial charge in [0.15, 0.2) is 17.3 Å². The first-order valence-electron chi connectivity index (χ1n) is 11.5. The second-order valence-electron chi connectivity index (χ2n) is 9.34. The number of nitrogens with zero attached hydrogens (tertiary/aromatic N) is 6. The van der Waals surface area contributed by atoms with E-state index >= 15 is 0 Å². The largest absolute Gasteiger partial charge is 0.493 e. The zero-order valence-corrected chi connectivity index (χ0v) is 20.9. The van der Waals surface area contributed by atoms with Crippen LogP contribution in [0.15, 0.2) is 42.5 Å². The molecule has 0 spiro atoms. The van der Waals surface area contributed by atoms with E-state index in [4.69, 9.17) is 14.2 Å². The van der Waals surface area contributed by atoms with Crippen LogP contribution >= 0.6 is 0 Å². The molecule has 1 atom stereocenters. The van der Waals surface area contributed by atoms with Crippen LogP contribution in [0.4, 0.5) is 5.69 Å². The van der Waals surface area contributed by atoms with Crippen LogP contribution in [0.25, 0.3) is 0 Å². The maximum Gasteiger partial charge on any atom is 0.203 e. The third kappa shape index (κ3) is 4.65. The van der Waals surface area contributed by atoms with Crippen LogP contribution in [-0.4, -0.2) is 72.6 Å². The fourth-order valence-electron chi connectivity index (χ4n) is 4.50. The first-order chi connectivity index (χ1) is 16.4. The number of benzene rings is 2. The number of tetrazole rings is 1. The van der Waals surface area contributed by atoms with E-state index in [0.717, 1.165) is 37.6 Å². The lowest BCUT2D eigenvalue weighted by atomic mass is 10.00. The molecule has 1 fully saturated rings. The standard InChI is InChI=1S/C25H34N6O3/c1-25(2,3)31-24(26-27-28-31)22(18-16-20(32-4)23(34-6)21(17-18)33-5)30-14-12-29(13-15-30)19-10-8-7-9-11-19/h7-11,16-17,22H,12-15H2,1-6H3/t22-/m0/s1. The van der Waals surface area contributed by atoms with Crippen molar-refractivity contribution in [2.24, 2.45) is 0 Å². The van der Waals surface area contributed by atoms with Crippen molar-refractivity contribution in [2.45, 2.75) is 32.4 Å². The van der Waals surface area contributed by atoms with Crippen LogP contribution in [0.5, 0.6) is 17.2 Å². The fourth-order valence-corrected chi connectivity index (χ4v) is 4.50. The predicted molar refractivity (Wildman–Crippen MR) is 131 cm³/mol. The van der Waals surface area contributed by atoms with Crippen molar-refractivity contribution in [3.63, 3.8) is 0 Å². The predicted octanol–water partition coefficient (Wildman–Crippen LogP) is 3.37. The van der Waals surface area contributed by atoms with Gasteiger partial charge in [0.05, 0.1) is 32.9 Å². The molecule has 1 saturated heterocycles. The van der Waals surface area contributed by atoms with E-state index in [0.29, 0.717) is 17.2 Å². The number of methoxy groups -OCH3 is 3. The van der Waals surface area contributed by atoms with E-state index in [2.05, 4.69) is 70.4 Å². The molecule has 0 N–H and O–H groups in total. The molecule has 0 unspecified atom stereocenters. The molecule has 0 amide bonds. The highest BCUT2D eigenvalue weighted by Crippen LogP contribution is 2.42. The highest BCUT2D eigenvalue weighted by molar-refractivity contribution is 5.55. The first kappa shape index (κ1) is 23.8. The second kappa shape index (κ2) is 9.89. The summed E-state index contributed by atoms with van der Waals surface area (Å²) < 4.78 is 18.8. The summed E-state index contributed by atoms with van der Waals surface area (Å²) in [5.74, 6) is 2.57. The number of anilines is 1. The summed E-state index contributed by atoms with van der Waals surface area (Å²) in [7, 11) is 4.88. The summed E-state index contributed by atoms with van der Waals surface area (Å²) >= 11 is 0. The van der Waals surface area contributed by atoms with Gasteiger partial charge in [0.25, 0.3) is 0 Å². The molecular weight excluding hydrogens is 432 g/mol. The fraction of sp³-hybridized carbons (Fsp3) is 0.480. The van der Waals surface area contributed by atoms with Gasteiger partial charge in [0.1, 0.15) is 0 Å². The number of piperazine rings is 1. The Kier molecular flexibility index (Phi) is 6.92. The van der Waals surface area contributed by atoms with Gasteiger partial charge in [-0.05, 0) is 61.0 Å². The van der Waals surface area contributed by atoms with Gasteiger partial charge in [-0.15, -0.1) is 5.10 Å². The Morgan fingerprint density at radius 2 is 1.47 bits per heavy atom. The molecule has 182 valence electrons. The Balaban J connectivity index is 1.75. The quantitative estimate of drug-likeness (QED) is 0.525. The first-order valence-corrected chi connectivity index (χ1v) is 11.5. The molecule has 4 rings (SSSR count). The van der Waals surface area contributed by atoms with Gasteiger partial charge in [0, 0.05) is 31.9 Å². The van der Waals surface area contributed by atoms with Crippen LogP contribution in [0.1, 0.15) is 38.2 Å². The minimum atomic E-state index is -0.274. The lowest BCUT2D eigenvalue weighted by Crippen LogP contribution is -2.48. The van der Waals surface area contributed by atoms with Gasteiger partial charge in [0.2, 0.25) is 5.75 Å². The maximum absolute atomic E-state index is 5.66. The minimum Gasteiger partial charge on any atom is -0.493 e. The number of hydrogen-bond donors (Lipinski definition) is 0. The molecule has 3 aromatic rings. The Labute approximate surface area is 201 Å². The third-order valence-corrected chi connectivity index (χ3v) is 6.18. The number of para-hydroxylation sites is 1. The van der Waals surface area contributed by atoms with Gasteiger partial charge >= 0.3 is 0 Å². The van der Waals surface area contributed by atoms with Crippen molar-refractivity contribution in [3.8, 4) is 17.2 Å².